The van der Waals surface area contributed by atoms with Gasteiger partial charge in [-0.15, -0.1) is 0 Å². The first kappa shape index (κ1) is 10.2. The predicted octanol–water partition coefficient (Wildman–Crippen LogP) is 1.93. The number of rotatable bonds is 4. The van der Waals surface area contributed by atoms with Gasteiger partial charge in [-0.25, -0.2) is 4.98 Å². The van der Waals surface area contributed by atoms with E-state index in [4.69, 9.17) is 0 Å². The molecule has 6 nitrogen and oxygen atoms in total. The fourth-order valence-electron chi connectivity index (χ4n) is 1.31. The highest BCUT2D eigenvalue weighted by Crippen LogP contribution is 2.17. The van der Waals surface area contributed by atoms with Gasteiger partial charge in [-0.1, -0.05) is 6.07 Å². The molecule has 0 saturated carbocycles. The van der Waals surface area contributed by atoms with Crippen molar-refractivity contribution in [2.45, 2.75) is 6.54 Å². The number of nitrogens with one attached hydrogen (secondary N) is 2. The maximum atomic E-state index is 10.5. The minimum Gasteiger partial charge on any atom is -0.379 e. The molecule has 2 rings (SSSR count). The van der Waals surface area contributed by atoms with Crippen molar-refractivity contribution in [3.8, 4) is 0 Å². The maximum Gasteiger partial charge on any atom is 0.271 e. The highest BCUT2D eigenvalue weighted by atomic mass is 16.6. The van der Waals surface area contributed by atoms with Crippen LogP contribution in [0.1, 0.15) is 5.69 Å². The normalized spacial score (nSPS) is 10.0. The van der Waals surface area contributed by atoms with E-state index in [1.807, 2.05) is 0 Å². The van der Waals surface area contributed by atoms with Crippen molar-refractivity contribution in [2.24, 2.45) is 0 Å². The number of hydrogen-bond donors (Lipinski definition) is 2. The Balaban J connectivity index is 2.04. The van der Waals surface area contributed by atoms with Crippen LogP contribution in [0.25, 0.3) is 0 Å². The fraction of sp³-hybridized carbons (Fsp3) is 0.100. The van der Waals surface area contributed by atoms with E-state index in [1.54, 1.807) is 24.7 Å². The Morgan fingerprint density at radius 3 is 3.06 bits per heavy atom. The molecule has 0 unspecified atom stereocenters. The van der Waals surface area contributed by atoms with E-state index in [0.29, 0.717) is 12.2 Å². The van der Waals surface area contributed by atoms with Gasteiger partial charge < -0.3 is 10.3 Å². The van der Waals surface area contributed by atoms with E-state index < -0.39 is 4.92 Å². The van der Waals surface area contributed by atoms with Crippen LogP contribution in [0.3, 0.4) is 0 Å². The van der Waals surface area contributed by atoms with Crippen LogP contribution >= 0.6 is 0 Å². The van der Waals surface area contributed by atoms with Crippen molar-refractivity contribution in [1.29, 1.82) is 0 Å². The van der Waals surface area contributed by atoms with E-state index in [1.165, 1.54) is 12.1 Å². The fourth-order valence-corrected chi connectivity index (χ4v) is 1.31. The van der Waals surface area contributed by atoms with Gasteiger partial charge >= 0.3 is 0 Å². The maximum absolute atomic E-state index is 10.5. The number of aromatic nitrogens is 2. The van der Waals surface area contributed by atoms with E-state index >= 15 is 0 Å². The predicted molar refractivity (Wildman–Crippen MR) is 59.0 cm³/mol. The Kier molecular flexibility index (Phi) is 2.81. The Bertz CT molecular complexity index is 481. The van der Waals surface area contributed by atoms with Crippen molar-refractivity contribution in [3.05, 3.63) is 52.6 Å². The summed E-state index contributed by atoms with van der Waals surface area (Å²) in [5.41, 5.74) is 1.71. The largest absolute Gasteiger partial charge is 0.379 e. The van der Waals surface area contributed by atoms with Crippen LogP contribution in [-0.4, -0.2) is 14.9 Å². The van der Waals surface area contributed by atoms with Crippen LogP contribution < -0.4 is 5.32 Å². The second kappa shape index (κ2) is 4.43. The van der Waals surface area contributed by atoms with Gasteiger partial charge in [0.1, 0.15) is 0 Å². The number of benzene rings is 1. The molecule has 0 aliphatic rings. The lowest BCUT2D eigenvalue weighted by molar-refractivity contribution is -0.384. The van der Waals surface area contributed by atoms with Gasteiger partial charge in [0.15, 0.2) is 0 Å². The molecule has 1 heterocycles. The number of nitro groups is 1. The van der Waals surface area contributed by atoms with Crippen LogP contribution in [0.15, 0.2) is 36.8 Å². The van der Waals surface area contributed by atoms with E-state index in [9.17, 15) is 10.1 Å². The quantitative estimate of drug-likeness (QED) is 0.606. The molecule has 0 spiro atoms. The molecular formula is C10H10N4O2. The molecule has 16 heavy (non-hydrogen) atoms. The van der Waals surface area contributed by atoms with Gasteiger partial charge in [0.25, 0.3) is 5.69 Å². The molecular weight excluding hydrogens is 208 g/mol. The van der Waals surface area contributed by atoms with Crippen LogP contribution in [0.2, 0.25) is 0 Å². The molecule has 1 aromatic carbocycles. The summed E-state index contributed by atoms with van der Waals surface area (Å²) in [6.07, 6.45) is 3.29. The van der Waals surface area contributed by atoms with Gasteiger partial charge in [0, 0.05) is 24.0 Å². The molecule has 2 N–H and O–H groups in total. The van der Waals surface area contributed by atoms with Gasteiger partial charge in [-0.2, -0.15) is 0 Å². The van der Waals surface area contributed by atoms with Crippen molar-refractivity contribution in [1.82, 2.24) is 9.97 Å². The van der Waals surface area contributed by atoms with E-state index in [0.717, 1.165) is 5.69 Å². The number of non-ortho nitro benzene ring substituents is 1. The summed E-state index contributed by atoms with van der Waals surface area (Å²) in [6.45, 7) is 0.557. The topological polar surface area (TPSA) is 83.8 Å². The Hall–Kier alpha value is -2.37. The first-order valence-corrected chi connectivity index (χ1v) is 4.71. The first-order chi connectivity index (χ1) is 7.75. The average Bonchev–Trinajstić information content (AvgIpc) is 2.79. The average molecular weight is 218 g/mol. The summed E-state index contributed by atoms with van der Waals surface area (Å²) in [4.78, 5) is 16.9. The lowest BCUT2D eigenvalue weighted by Crippen LogP contribution is -2.00. The zero-order valence-corrected chi connectivity index (χ0v) is 8.38. The van der Waals surface area contributed by atoms with Gasteiger partial charge in [0.2, 0.25) is 0 Å². The summed E-state index contributed by atoms with van der Waals surface area (Å²) < 4.78 is 0. The number of nitro benzene ring substituents is 1. The number of aromatic amines is 1. The number of imidazole rings is 1. The van der Waals surface area contributed by atoms with Crippen LogP contribution in [0.5, 0.6) is 0 Å². The van der Waals surface area contributed by atoms with Crippen LogP contribution in [-0.2, 0) is 6.54 Å². The van der Waals surface area contributed by atoms with Crippen molar-refractivity contribution >= 4 is 11.4 Å². The number of anilines is 1. The molecule has 0 bridgehead atoms. The Morgan fingerprint density at radius 2 is 2.38 bits per heavy atom. The smallest absolute Gasteiger partial charge is 0.271 e. The number of nitrogens with zero attached hydrogens (tertiary/aromatic N) is 2. The Labute approximate surface area is 91.5 Å². The molecule has 0 aliphatic carbocycles. The summed E-state index contributed by atoms with van der Waals surface area (Å²) in [7, 11) is 0. The molecule has 2 aromatic rings. The first-order valence-electron chi connectivity index (χ1n) is 4.71. The van der Waals surface area contributed by atoms with Crippen LogP contribution in [0.4, 0.5) is 11.4 Å². The second-order valence-corrected chi connectivity index (χ2v) is 3.24. The molecule has 0 aliphatic heterocycles. The molecule has 0 saturated heterocycles. The summed E-state index contributed by atoms with van der Waals surface area (Å²) in [5.74, 6) is 0. The minimum atomic E-state index is -0.415. The molecule has 1 aromatic heterocycles. The second-order valence-electron chi connectivity index (χ2n) is 3.24. The SMILES string of the molecule is O=[N+]([O-])c1cccc(NCc2cnc[nH]2)c1. The van der Waals surface area contributed by atoms with Gasteiger partial charge in [-0.05, 0) is 6.07 Å². The summed E-state index contributed by atoms with van der Waals surface area (Å²) in [5, 5.41) is 13.6. The van der Waals surface area contributed by atoms with Crippen molar-refractivity contribution in [2.75, 3.05) is 5.32 Å². The highest BCUT2D eigenvalue weighted by Gasteiger charge is 2.05. The van der Waals surface area contributed by atoms with Crippen molar-refractivity contribution in [3.63, 3.8) is 0 Å². The molecule has 0 atom stereocenters. The monoisotopic (exact) mass is 218 g/mol. The number of hydrogen-bond acceptors (Lipinski definition) is 4. The molecule has 0 fully saturated rings. The van der Waals surface area contributed by atoms with Crippen LogP contribution in [0, 0.1) is 10.1 Å². The zero-order valence-electron chi connectivity index (χ0n) is 8.38. The van der Waals surface area contributed by atoms with Crippen molar-refractivity contribution < 1.29 is 4.92 Å². The lowest BCUT2D eigenvalue weighted by Gasteiger charge is -2.03. The molecule has 0 radical (unpaired) electrons. The number of H-pyrrole nitrogens is 1. The standard InChI is InChI=1S/C10H10N4O2/c15-14(16)10-3-1-2-8(4-10)12-6-9-5-11-7-13-9/h1-5,7,12H,6H2,(H,11,13). The van der Waals surface area contributed by atoms with Gasteiger partial charge in [0.05, 0.1) is 23.5 Å². The third kappa shape index (κ3) is 2.35. The Morgan fingerprint density at radius 1 is 1.50 bits per heavy atom. The molecule has 82 valence electrons. The lowest BCUT2D eigenvalue weighted by atomic mass is 10.3. The third-order valence-corrected chi connectivity index (χ3v) is 2.09. The molecule has 6 heteroatoms. The summed E-state index contributed by atoms with van der Waals surface area (Å²) in [6, 6.07) is 6.38. The van der Waals surface area contributed by atoms with E-state index in [2.05, 4.69) is 15.3 Å². The zero-order chi connectivity index (χ0) is 11.4. The summed E-state index contributed by atoms with van der Waals surface area (Å²) >= 11 is 0. The minimum absolute atomic E-state index is 0.0783. The van der Waals surface area contributed by atoms with E-state index in [-0.39, 0.29) is 5.69 Å². The third-order valence-electron chi connectivity index (χ3n) is 2.09. The molecule has 0 amide bonds. The van der Waals surface area contributed by atoms with Gasteiger partial charge in [-0.3, -0.25) is 10.1 Å². The highest BCUT2D eigenvalue weighted by molar-refractivity contribution is 5.50.